The number of aromatic amines is 1. The van der Waals surface area contributed by atoms with Gasteiger partial charge in [-0.1, -0.05) is 52.6 Å². The van der Waals surface area contributed by atoms with E-state index in [4.69, 9.17) is 34.8 Å². The molecule has 1 heterocycles. The van der Waals surface area contributed by atoms with E-state index in [1.54, 1.807) is 24.3 Å². The molecule has 0 aliphatic rings. The number of thioether (sulfide) groups is 1. The van der Waals surface area contributed by atoms with E-state index in [-0.39, 0.29) is 5.82 Å². The van der Waals surface area contributed by atoms with Crippen molar-refractivity contribution in [2.75, 3.05) is 0 Å². The Morgan fingerprint density at radius 3 is 2.62 bits per heavy atom. The van der Waals surface area contributed by atoms with Crippen LogP contribution in [-0.4, -0.2) is 9.97 Å². The SMILES string of the molecule is Fc1cccc(Cl)c1CSc1nc2cc(Cl)c(Cl)cc2[nH]1. The number of H-pyrrole nitrogens is 1. The van der Waals surface area contributed by atoms with Gasteiger partial charge in [0.1, 0.15) is 5.82 Å². The molecule has 0 bridgehead atoms. The average molecular weight is 362 g/mol. The standard InChI is InChI=1S/C14H8Cl3FN2S/c15-8-2-1-3-11(18)7(8)6-21-14-19-12-4-9(16)10(17)5-13(12)20-14/h1-5H,6H2,(H,19,20). The topological polar surface area (TPSA) is 28.7 Å². The summed E-state index contributed by atoms with van der Waals surface area (Å²) in [6.45, 7) is 0. The first kappa shape index (κ1) is 15.0. The van der Waals surface area contributed by atoms with Gasteiger partial charge in [0.2, 0.25) is 0 Å². The Hall–Kier alpha value is -0.940. The van der Waals surface area contributed by atoms with Gasteiger partial charge in [0.15, 0.2) is 5.16 Å². The van der Waals surface area contributed by atoms with Crippen molar-refractivity contribution in [1.29, 1.82) is 0 Å². The summed E-state index contributed by atoms with van der Waals surface area (Å²) in [5, 5.41) is 1.97. The minimum atomic E-state index is -0.322. The average Bonchev–Trinajstić information content (AvgIpc) is 2.80. The summed E-state index contributed by atoms with van der Waals surface area (Å²) in [6, 6.07) is 8.04. The van der Waals surface area contributed by atoms with Crippen LogP contribution in [0.4, 0.5) is 4.39 Å². The third-order valence-electron chi connectivity index (χ3n) is 2.92. The lowest BCUT2D eigenvalue weighted by Gasteiger charge is -2.03. The summed E-state index contributed by atoms with van der Waals surface area (Å²) in [5.41, 5.74) is 1.96. The third kappa shape index (κ3) is 3.14. The minimum Gasteiger partial charge on any atom is -0.333 e. The highest BCUT2D eigenvalue weighted by molar-refractivity contribution is 7.98. The van der Waals surface area contributed by atoms with E-state index >= 15 is 0 Å². The zero-order valence-electron chi connectivity index (χ0n) is 10.5. The first-order valence-corrected chi connectivity index (χ1v) is 8.07. The molecule has 0 radical (unpaired) electrons. The lowest BCUT2D eigenvalue weighted by Crippen LogP contribution is -1.89. The van der Waals surface area contributed by atoms with Gasteiger partial charge in [-0.3, -0.25) is 0 Å². The second-order valence-electron chi connectivity index (χ2n) is 4.31. The van der Waals surface area contributed by atoms with Gasteiger partial charge in [0, 0.05) is 16.3 Å². The van der Waals surface area contributed by atoms with Gasteiger partial charge in [-0.15, -0.1) is 0 Å². The Kier molecular flexibility index (Phi) is 4.31. The molecule has 0 unspecified atom stereocenters. The van der Waals surface area contributed by atoms with E-state index in [1.807, 2.05) is 0 Å². The number of fused-ring (bicyclic) bond motifs is 1. The van der Waals surface area contributed by atoms with Crippen LogP contribution in [0.25, 0.3) is 11.0 Å². The fourth-order valence-electron chi connectivity index (χ4n) is 1.86. The van der Waals surface area contributed by atoms with Crippen LogP contribution in [0.1, 0.15) is 5.56 Å². The van der Waals surface area contributed by atoms with Crippen LogP contribution in [0.3, 0.4) is 0 Å². The molecule has 108 valence electrons. The Morgan fingerprint density at radius 2 is 1.86 bits per heavy atom. The monoisotopic (exact) mass is 360 g/mol. The molecular formula is C14H8Cl3FN2S. The van der Waals surface area contributed by atoms with E-state index < -0.39 is 0 Å². The highest BCUT2D eigenvalue weighted by Crippen LogP contribution is 2.31. The highest BCUT2D eigenvalue weighted by atomic mass is 35.5. The molecule has 0 saturated carbocycles. The molecule has 0 fully saturated rings. The van der Waals surface area contributed by atoms with E-state index in [0.29, 0.717) is 37.1 Å². The molecule has 0 atom stereocenters. The largest absolute Gasteiger partial charge is 0.333 e. The zero-order chi connectivity index (χ0) is 15.0. The molecule has 1 N–H and O–H groups in total. The van der Waals surface area contributed by atoms with Gasteiger partial charge >= 0.3 is 0 Å². The minimum absolute atomic E-state index is 0.322. The lowest BCUT2D eigenvalue weighted by atomic mass is 10.2. The number of imidazole rings is 1. The van der Waals surface area contributed by atoms with E-state index in [9.17, 15) is 4.39 Å². The van der Waals surface area contributed by atoms with Crippen LogP contribution >= 0.6 is 46.6 Å². The summed E-state index contributed by atoms with van der Waals surface area (Å²) in [4.78, 5) is 7.50. The molecule has 2 aromatic carbocycles. The van der Waals surface area contributed by atoms with Crippen molar-refractivity contribution in [3.8, 4) is 0 Å². The first-order valence-electron chi connectivity index (χ1n) is 5.95. The number of benzene rings is 2. The van der Waals surface area contributed by atoms with Gasteiger partial charge in [-0.2, -0.15) is 0 Å². The number of aromatic nitrogens is 2. The van der Waals surface area contributed by atoms with Crippen LogP contribution in [0, 0.1) is 5.82 Å². The second kappa shape index (κ2) is 6.05. The molecule has 2 nitrogen and oxygen atoms in total. The smallest absolute Gasteiger partial charge is 0.166 e. The predicted molar refractivity (Wildman–Crippen MR) is 87.1 cm³/mol. The van der Waals surface area contributed by atoms with Crippen molar-refractivity contribution in [2.24, 2.45) is 0 Å². The van der Waals surface area contributed by atoms with Crippen LogP contribution in [0.15, 0.2) is 35.5 Å². The van der Waals surface area contributed by atoms with Crippen molar-refractivity contribution in [3.05, 3.63) is 56.8 Å². The summed E-state index contributed by atoms with van der Waals surface area (Å²) < 4.78 is 13.7. The maximum atomic E-state index is 13.7. The number of rotatable bonds is 3. The van der Waals surface area contributed by atoms with Gasteiger partial charge < -0.3 is 4.98 Å². The predicted octanol–water partition coefficient (Wildman–Crippen LogP) is 5.95. The van der Waals surface area contributed by atoms with E-state index in [0.717, 1.165) is 5.52 Å². The van der Waals surface area contributed by atoms with E-state index in [1.165, 1.54) is 17.8 Å². The molecule has 0 amide bonds. The Labute approximate surface area is 139 Å². The van der Waals surface area contributed by atoms with Gasteiger partial charge in [0.05, 0.1) is 21.1 Å². The fourth-order valence-corrected chi connectivity index (χ4v) is 3.41. The quantitative estimate of drug-likeness (QED) is 0.583. The van der Waals surface area contributed by atoms with Crippen molar-refractivity contribution in [1.82, 2.24) is 9.97 Å². The number of nitrogens with one attached hydrogen (secondary N) is 1. The van der Waals surface area contributed by atoms with Crippen LogP contribution in [-0.2, 0) is 5.75 Å². The molecule has 7 heteroatoms. The highest BCUT2D eigenvalue weighted by Gasteiger charge is 2.11. The van der Waals surface area contributed by atoms with Crippen LogP contribution in [0.2, 0.25) is 15.1 Å². The number of halogens is 4. The molecule has 3 rings (SSSR count). The number of hydrogen-bond acceptors (Lipinski definition) is 2. The van der Waals surface area contributed by atoms with Crippen molar-refractivity contribution in [2.45, 2.75) is 10.9 Å². The van der Waals surface area contributed by atoms with Gasteiger partial charge in [0.25, 0.3) is 0 Å². The van der Waals surface area contributed by atoms with Crippen LogP contribution < -0.4 is 0 Å². The summed E-state index contributed by atoms with van der Waals surface area (Å²) in [6.07, 6.45) is 0. The number of nitrogens with zero attached hydrogens (tertiary/aromatic N) is 1. The maximum absolute atomic E-state index is 13.7. The van der Waals surface area contributed by atoms with Crippen molar-refractivity contribution < 1.29 is 4.39 Å². The molecule has 21 heavy (non-hydrogen) atoms. The molecule has 0 saturated heterocycles. The second-order valence-corrected chi connectivity index (χ2v) is 6.50. The van der Waals surface area contributed by atoms with Crippen molar-refractivity contribution in [3.63, 3.8) is 0 Å². The molecule has 3 aromatic rings. The zero-order valence-corrected chi connectivity index (χ0v) is 13.5. The Bertz CT molecular complexity index is 760. The Balaban J connectivity index is 1.85. The summed E-state index contributed by atoms with van der Waals surface area (Å²) >= 11 is 19.3. The molecule has 1 aromatic heterocycles. The molecular weight excluding hydrogens is 354 g/mol. The normalized spacial score (nSPS) is 11.2. The van der Waals surface area contributed by atoms with Gasteiger partial charge in [-0.25, -0.2) is 9.37 Å². The fraction of sp³-hybridized carbons (Fsp3) is 0.0714. The molecule has 0 aliphatic carbocycles. The first-order chi connectivity index (χ1) is 10.0. The summed E-state index contributed by atoms with van der Waals surface area (Å²) in [7, 11) is 0. The Morgan fingerprint density at radius 1 is 1.10 bits per heavy atom. The summed E-state index contributed by atoms with van der Waals surface area (Å²) in [5.74, 6) is 0.0597. The number of hydrogen-bond donors (Lipinski definition) is 1. The van der Waals surface area contributed by atoms with Gasteiger partial charge in [-0.05, 0) is 24.3 Å². The maximum Gasteiger partial charge on any atom is 0.166 e. The van der Waals surface area contributed by atoms with E-state index in [2.05, 4.69) is 9.97 Å². The molecule has 0 spiro atoms. The third-order valence-corrected chi connectivity index (χ3v) is 4.89. The lowest BCUT2D eigenvalue weighted by molar-refractivity contribution is 0.617. The van der Waals surface area contributed by atoms with Crippen molar-refractivity contribution >= 4 is 57.6 Å². The molecule has 0 aliphatic heterocycles. The van der Waals surface area contributed by atoms with Crippen LogP contribution in [0.5, 0.6) is 0 Å².